The number of aromatic nitrogens is 1. The van der Waals surface area contributed by atoms with Crippen LogP contribution in [0.4, 0.5) is 5.69 Å². The molecule has 1 aliphatic rings. The van der Waals surface area contributed by atoms with Gasteiger partial charge in [-0.2, -0.15) is 0 Å². The summed E-state index contributed by atoms with van der Waals surface area (Å²) in [6.07, 6.45) is 6.25. The summed E-state index contributed by atoms with van der Waals surface area (Å²) in [4.78, 5) is 29.6. The quantitative estimate of drug-likeness (QED) is 0.739. The Labute approximate surface area is 162 Å². The van der Waals surface area contributed by atoms with Gasteiger partial charge in [0.25, 0.3) is 11.8 Å². The highest BCUT2D eigenvalue weighted by Crippen LogP contribution is 2.25. The first-order valence-corrected chi connectivity index (χ1v) is 8.86. The average molecular weight is 370 g/mol. The van der Waals surface area contributed by atoms with E-state index in [0.29, 0.717) is 11.1 Å². The minimum atomic E-state index is -0.539. The van der Waals surface area contributed by atoms with Crippen molar-refractivity contribution in [3.05, 3.63) is 102 Å². The summed E-state index contributed by atoms with van der Waals surface area (Å²) in [5, 5.41) is 4.60. The number of nitrogens with zero attached hydrogens (tertiary/aromatic N) is 2. The van der Waals surface area contributed by atoms with Crippen molar-refractivity contribution in [2.75, 3.05) is 5.32 Å². The Kier molecular flexibility index (Phi) is 4.84. The molecular formula is C22H18N4O2. The standard InChI is InChI=1S/C22H18N4O2/c27-21(17-9-6-14-23-15-17)25-26-20(13-12-16-7-2-1-3-8-16)24-19-11-5-4-10-18(19)22(26)28/h1-15,20,24H,(H,25,27)/b13-12+. The molecule has 1 unspecified atom stereocenters. The molecule has 1 aromatic heterocycles. The summed E-state index contributed by atoms with van der Waals surface area (Å²) in [5.74, 6) is -0.685. The predicted molar refractivity (Wildman–Crippen MR) is 107 cm³/mol. The van der Waals surface area contributed by atoms with Gasteiger partial charge in [0.2, 0.25) is 0 Å². The molecule has 0 bridgehead atoms. The lowest BCUT2D eigenvalue weighted by Gasteiger charge is -2.36. The van der Waals surface area contributed by atoms with E-state index in [-0.39, 0.29) is 5.91 Å². The smallest absolute Gasteiger partial charge is 0.276 e. The summed E-state index contributed by atoms with van der Waals surface area (Å²) < 4.78 is 0. The van der Waals surface area contributed by atoms with Gasteiger partial charge in [-0.15, -0.1) is 0 Å². The number of rotatable bonds is 4. The van der Waals surface area contributed by atoms with Crippen molar-refractivity contribution in [1.82, 2.24) is 15.4 Å². The second-order valence-corrected chi connectivity index (χ2v) is 6.26. The maximum Gasteiger partial charge on any atom is 0.276 e. The van der Waals surface area contributed by atoms with Gasteiger partial charge in [-0.25, -0.2) is 5.01 Å². The topological polar surface area (TPSA) is 74.3 Å². The zero-order chi connectivity index (χ0) is 19.3. The first kappa shape index (κ1) is 17.5. The summed E-state index contributed by atoms with van der Waals surface area (Å²) in [6, 6.07) is 20.3. The van der Waals surface area contributed by atoms with E-state index < -0.39 is 12.1 Å². The van der Waals surface area contributed by atoms with Gasteiger partial charge in [-0.05, 0) is 35.9 Å². The number of para-hydroxylation sites is 1. The van der Waals surface area contributed by atoms with Crippen LogP contribution >= 0.6 is 0 Å². The molecule has 6 nitrogen and oxygen atoms in total. The van der Waals surface area contributed by atoms with Crippen molar-refractivity contribution in [2.24, 2.45) is 0 Å². The number of hydrazine groups is 1. The molecule has 138 valence electrons. The number of carbonyl (C=O) groups is 2. The normalized spacial score (nSPS) is 15.8. The fourth-order valence-corrected chi connectivity index (χ4v) is 2.97. The molecule has 28 heavy (non-hydrogen) atoms. The van der Waals surface area contributed by atoms with Gasteiger partial charge in [-0.3, -0.25) is 20.0 Å². The number of anilines is 1. The molecule has 0 aliphatic carbocycles. The fraction of sp³-hybridized carbons (Fsp3) is 0.0455. The zero-order valence-corrected chi connectivity index (χ0v) is 14.9. The molecule has 1 atom stereocenters. The summed E-state index contributed by atoms with van der Waals surface area (Å²) >= 11 is 0. The maximum atomic E-state index is 13.0. The Morgan fingerprint density at radius 2 is 1.82 bits per heavy atom. The third-order valence-electron chi connectivity index (χ3n) is 4.37. The number of carbonyl (C=O) groups excluding carboxylic acids is 2. The summed E-state index contributed by atoms with van der Waals surface area (Å²) in [7, 11) is 0. The van der Waals surface area contributed by atoms with Crippen LogP contribution in [0.1, 0.15) is 26.3 Å². The zero-order valence-electron chi connectivity index (χ0n) is 14.9. The second kappa shape index (κ2) is 7.75. The molecule has 0 fully saturated rings. The number of pyridine rings is 1. The van der Waals surface area contributed by atoms with Gasteiger partial charge in [-0.1, -0.05) is 48.5 Å². The molecule has 0 radical (unpaired) electrons. The third kappa shape index (κ3) is 3.61. The van der Waals surface area contributed by atoms with E-state index in [4.69, 9.17) is 0 Å². The highest BCUT2D eigenvalue weighted by atomic mass is 16.2. The number of hydrogen-bond acceptors (Lipinski definition) is 4. The lowest BCUT2D eigenvalue weighted by molar-refractivity contribution is 0.0535. The highest BCUT2D eigenvalue weighted by molar-refractivity contribution is 6.04. The van der Waals surface area contributed by atoms with Gasteiger partial charge in [0.15, 0.2) is 0 Å². The van der Waals surface area contributed by atoms with Crippen LogP contribution in [0.3, 0.4) is 0 Å². The molecule has 6 heteroatoms. The first-order valence-electron chi connectivity index (χ1n) is 8.86. The van der Waals surface area contributed by atoms with Gasteiger partial charge in [0.05, 0.1) is 11.1 Å². The summed E-state index contributed by atoms with van der Waals surface area (Å²) in [5.41, 5.74) is 5.30. The molecule has 1 aliphatic heterocycles. The van der Waals surface area contributed by atoms with Crippen LogP contribution in [0, 0.1) is 0 Å². The van der Waals surface area contributed by atoms with E-state index in [2.05, 4.69) is 15.7 Å². The third-order valence-corrected chi connectivity index (χ3v) is 4.37. The van der Waals surface area contributed by atoms with Crippen LogP contribution in [0.25, 0.3) is 6.08 Å². The van der Waals surface area contributed by atoms with E-state index in [1.165, 1.54) is 11.2 Å². The van der Waals surface area contributed by atoms with E-state index in [9.17, 15) is 9.59 Å². The minimum absolute atomic E-state index is 0.283. The lowest BCUT2D eigenvalue weighted by Crippen LogP contribution is -2.56. The summed E-state index contributed by atoms with van der Waals surface area (Å²) in [6.45, 7) is 0. The molecule has 2 heterocycles. The Balaban J connectivity index is 1.64. The molecule has 2 N–H and O–H groups in total. The van der Waals surface area contributed by atoms with Crippen LogP contribution in [-0.2, 0) is 0 Å². The average Bonchev–Trinajstić information content (AvgIpc) is 2.76. The molecule has 0 saturated heterocycles. The van der Waals surface area contributed by atoms with Crippen molar-refractivity contribution < 1.29 is 9.59 Å². The number of hydrogen-bond donors (Lipinski definition) is 2. The van der Waals surface area contributed by atoms with Crippen LogP contribution < -0.4 is 10.7 Å². The molecule has 2 amide bonds. The molecule has 0 spiro atoms. The monoisotopic (exact) mass is 370 g/mol. The Hall–Kier alpha value is -3.93. The molecule has 3 aromatic rings. The minimum Gasteiger partial charge on any atom is -0.360 e. The second-order valence-electron chi connectivity index (χ2n) is 6.26. The van der Waals surface area contributed by atoms with E-state index >= 15 is 0 Å². The largest absolute Gasteiger partial charge is 0.360 e. The number of benzene rings is 2. The van der Waals surface area contributed by atoms with Gasteiger partial charge in [0.1, 0.15) is 6.17 Å². The van der Waals surface area contributed by atoms with Crippen molar-refractivity contribution in [2.45, 2.75) is 6.17 Å². The van der Waals surface area contributed by atoms with Crippen LogP contribution in [-0.4, -0.2) is 28.0 Å². The molecule has 4 rings (SSSR count). The van der Waals surface area contributed by atoms with Crippen molar-refractivity contribution in [1.29, 1.82) is 0 Å². The number of nitrogens with one attached hydrogen (secondary N) is 2. The van der Waals surface area contributed by atoms with Crippen LogP contribution in [0.5, 0.6) is 0 Å². The van der Waals surface area contributed by atoms with Crippen molar-refractivity contribution >= 4 is 23.6 Å². The molecule has 0 saturated carbocycles. The van der Waals surface area contributed by atoms with Crippen molar-refractivity contribution in [3.8, 4) is 0 Å². The van der Waals surface area contributed by atoms with Crippen molar-refractivity contribution in [3.63, 3.8) is 0 Å². The van der Waals surface area contributed by atoms with Gasteiger partial charge < -0.3 is 5.32 Å². The lowest BCUT2D eigenvalue weighted by atomic mass is 10.1. The SMILES string of the molecule is O=C(NN1C(=O)c2ccccc2NC1/C=C/c1ccccc1)c1cccnc1. The Morgan fingerprint density at radius 1 is 1.04 bits per heavy atom. The Morgan fingerprint density at radius 3 is 2.61 bits per heavy atom. The molecule has 2 aromatic carbocycles. The first-order chi connectivity index (χ1) is 13.7. The van der Waals surface area contributed by atoms with Gasteiger partial charge in [0, 0.05) is 18.1 Å². The van der Waals surface area contributed by atoms with Gasteiger partial charge >= 0.3 is 0 Å². The molecular weight excluding hydrogens is 352 g/mol. The van der Waals surface area contributed by atoms with E-state index in [1.54, 1.807) is 30.5 Å². The predicted octanol–water partition coefficient (Wildman–Crippen LogP) is 3.33. The van der Waals surface area contributed by atoms with E-state index in [1.807, 2.05) is 54.6 Å². The number of fused-ring (bicyclic) bond motifs is 1. The Bertz CT molecular complexity index is 1020. The number of amides is 2. The highest BCUT2D eigenvalue weighted by Gasteiger charge is 2.32. The van der Waals surface area contributed by atoms with Crippen LogP contribution in [0.2, 0.25) is 0 Å². The van der Waals surface area contributed by atoms with E-state index in [0.717, 1.165) is 11.3 Å². The maximum absolute atomic E-state index is 13.0. The van der Waals surface area contributed by atoms with Crippen LogP contribution in [0.15, 0.2) is 85.2 Å². The fourth-order valence-electron chi connectivity index (χ4n) is 2.97.